The van der Waals surface area contributed by atoms with E-state index in [2.05, 4.69) is 5.32 Å². The number of hydrogen-bond acceptors (Lipinski definition) is 3. The molecule has 2 amide bonds. The molecule has 0 aliphatic heterocycles. The summed E-state index contributed by atoms with van der Waals surface area (Å²) in [5.74, 6) is -0.873. The maximum absolute atomic E-state index is 13.2. The summed E-state index contributed by atoms with van der Waals surface area (Å²) in [6, 6.07) is 14.1. The van der Waals surface area contributed by atoms with Gasteiger partial charge in [0.25, 0.3) is 0 Å². The average Bonchev–Trinajstić information content (AvgIpc) is 2.68. The molecular formula is C21H25FN2O3. The molecule has 5 nitrogen and oxygen atoms in total. The Balaban J connectivity index is 2.39. The first-order valence-electron chi connectivity index (χ1n) is 9.04. The standard InChI is InChI=1S/C21H25FN2O3/c1-2-6-19(26)24(15-16-9-11-18(22)12-10-16)20(21(27)23-13-14-25)17-7-4-3-5-8-17/h3-5,7-12,20,25H,2,6,13-15H2,1H3,(H,23,27)/t20-/m1/s1. The number of amides is 2. The number of carbonyl (C=O) groups excluding carboxylic acids is 2. The van der Waals surface area contributed by atoms with Crippen molar-refractivity contribution >= 4 is 11.8 Å². The van der Waals surface area contributed by atoms with Crippen molar-refractivity contribution in [2.24, 2.45) is 0 Å². The van der Waals surface area contributed by atoms with Crippen molar-refractivity contribution in [3.8, 4) is 0 Å². The van der Waals surface area contributed by atoms with E-state index in [1.54, 1.807) is 24.3 Å². The molecule has 1 atom stereocenters. The third-order valence-corrected chi connectivity index (χ3v) is 4.14. The third kappa shape index (κ3) is 5.89. The first-order valence-corrected chi connectivity index (χ1v) is 9.04. The third-order valence-electron chi connectivity index (χ3n) is 4.14. The summed E-state index contributed by atoms with van der Waals surface area (Å²) in [4.78, 5) is 27.2. The highest BCUT2D eigenvalue weighted by atomic mass is 19.1. The van der Waals surface area contributed by atoms with Crippen molar-refractivity contribution in [1.82, 2.24) is 10.2 Å². The number of halogens is 1. The van der Waals surface area contributed by atoms with Crippen LogP contribution < -0.4 is 5.32 Å². The fourth-order valence-corrected chi connectivity index (χ4v) is 2.85. The first-order chi connectivity index (χ1) is 13.1. The summed E-state index contributed by atoms with van der Waals surface area (Å²) in [5, 5.41) is 11.7. The highest BCUT2D eigenvalue weighted by Crippen LogP contribution is 2.25. The SMILES string of the molecule is CCCC(=O)N(Cc1ccc(F)cc1)[C@@H](C(=O)NCCO)c1ccccc1. The van der Waals surface area contributed by atoms with Crippen LogP contribution in [0.25, 0.3) is 0 Å². The van der Waals surface area contributed by atoms with E-state index < -0.39 is 6.04 Å². The molecule has 0 aromatic heterocycles. The molecule has 2 aromatic rings. The van der Waals surface area contributed by atoms with E-state index in [4.69, 9.17) is 5.11 Å². The zero-order valence-electron chi connectivity index (χ0n) is 15.4. The van der Waals surface area contributed by atoms with Gasteiger partial charge in [-0.15, -0.1) is 0 Å². The maximum Gasteiger partial charge on any atom is 0.247 e. The van der Waals surface area contributed by atoms with Crippen LogP contribution in [-0.4, -0.2) is 35.0 Å². The number of rotatable bonds is 9. The zero-order chi connectivity index (χ0) is 19.6. The molecule has 6 heteroatoms. The van der Waals surface area contributed by atoms with Gasteiger partial charge in [0.15, 0.2) is 0 Å². The highest BCUT2D eigenvalue weighted by Gasteiger charge is 2.30. The molecule has 0 aliphatic carbocycles. The number of hydrogen-bond donors (Lipinski definition) is 2. The van der Waals surface area contributed by atoms with Gasteiger partial charge in [-0.2, -0.15) is 0 Å². The number of nitrogens with one attached hydrogen (secondary N) is 1. The molecule has 0 saturated heterocycles. The van der Waals surface area contributed by atoms with E-state index in [0.29, 0.717) is 18.4 Å². The van der Waals surface area contributed by atoms with E-state index >= 15 is 0 Å². The molecule has 0 bridgehead atoms. The quantitative estimate of drug-likeness (QED) is 0.711. The van der Waals surface area contributed by atoms with E-state index in [9.17, 15) is 14.0 Å². The van der Waals surface area contributed by atoms with Crippen LogP contribution >= 0.6 is 0 Å². The van der Waals surface area contributed by atoms with Gasteiger partial charge in [-0.25, -0.2) is 4.39 Å². The Morgan fingerprint density at radius 3 is 2.37 bits per heavy atom. The molecule has 27 heavy (non-hydrogen) atoms. The Morgan fingerprint density at radius 2 is 1.78 bits per heavy atom. The van der Waals surface area contributed by atoms with Crippen LogP contribution in [0.5, 0.6) is 0 Å². The van der Waals surface area contributed by atoms with Gasteiger partial charge in [-0.3, -0.25) is 9.59 Å². The van der Waals surface area contributed by atoms with Crippen LogP contribution in [-0.2, 0) is 16.1 Å². The van der Waals surface area contributed by atoms with E-state index in [1.807, 2.05) is 25.1 Å². The number of nitrogens with zero attached hydrogens (tertiary/aromatic N) is 1. The summed E-state index contributed by atoms with van der Waals surface area (Å²) in [5.41, 5.74) is 1.41. The minimum Gasteiger partial charge on any atom is -0.395 e. The number of benzene rings is 2. The summed E-state index contributed by atoms with van der Waals surface area (Å²) >= 11 is 0. The van der Waals surface area contributed by atoms with Crippen molar-refractivity contribution in [1.29, 1.82) is 0 Å². The van der Waals surface area contributed by atoms with E-state index in [-0.39, 0.29) is 37.3 Å². The van der Waals surface area contributed by atoms with Crippen molar-refractivity contribution in [2.75, 3.05) is 13.2 Å². The second-order valence-corrected chi connectivity index (χ2v) is 6.23. The van der Waals surface area contributed by atoms with E-state index in [1.165, 1.54) is 17.0 Å². The van der Waals surface area contributed by atoms with Crippen LogP contribution in [0.15, 0.2) is 54.6 Å². The summed E-state index contributed by atoms with van der Waals surface area (Å²) in [6.07, 6.45) is 0.955. The van der Waals surface area contributed by atoms with Crippen molar-refractivity contribution < 1.29 is 19.1 Å². The van der Waals surface area contributed by atoms with Crippen LogP contribution in [0.3, 0.4) is 0 Å². The van der Waals surface area contributed by atoms with Gasteiger partial charge >= 0.3 is 0 Å². The van der Waals surface area contributed by atoms with Gasteiger partial charge in [0.2, 0.25) is 11.8 Å². The lowest BCUT2D eigenvalue weighted by Crippen LogP contribution is -2.44. The monoisotopic (exact) mass is 372 g/mol. The zero-order valence-corrected chi connectivity index (χ0v) is 15.4. The fraction of sp³-hybridized carbons (Fsp3) is 0.333. The second kappa shape index (κ2) is 10.4. The van der Waals surface area contributed by atoms with Crippen LogP contribution in [0.2, 0.25) is 0 Å². The van der Waals surface area contributed by atoms with Gasteiger partial charge < -0.3 is 15.3 Å². The molecule has 0 unspecified atom stereocenters. The van der Waals surface area contributed by atoms with Crippen molar-refractivity contribution in [3.05, 3.63) is 71.5 Å². The molecule has 0 saturated carbocycles. The molecule has 0 aliphatic rings. The molecule has 2 rings (SSSR count). The minimum atomic E-state index is -0.832. The average molecular weight is 372 g/mol. The van der Waals surface area contributed by atoms with Gasteiger partial charge in [-0.1, -0.05) is 49.4 Å². The molecular weight excluding hydrogens is 347 g/mol. The maximum atomic E-state index is 13.2. The molecule has 2 N–H and O–H groups in total. The van der Waals surface area contributed by atoms with Crippen LogP contribution in [0, 0.1) is 5.82 Å². The first kappa shape index (κ1) is 20.6. The lowest BCUT2D eigenvalue weighted by molar-refractivity contribution is -0.141. The molecule has 0 fully saturated rings. The molecule has 144 valence electrons. The smallest absolute Gasteiger partial charge is 0.247 e. The lowest BCUT2D eigenvalue weighted by Gasteiger charge is -2.31. The minimum absolute atomic E-state index is 0.106. The number of aliphatic hydroxyl groups is 1. The van der Waals surface area contributed by atoms with Gasteiger partial charge in [0.05, 0.1) is 6.61 Å². The van der Waals surface area contributed by atoms with Crippen LogP contribution in [0.1, 0.15) is 36.9 Å². The van der Waals surface area contributed by atoms with Crippen molar-refractivity contribution in [3.63, 3.8) is 0 Å². The van der Waals surface area contributed by atoms with Gasteiger partial charge in [0.1, 0.15) is 11.9 Å². The molecule has 0 heterocycles. The normalized spacial score (nSPS) is 11.7. The summed E-state index contributed by atoms with van der Waals surface area (Å²) in [6.45, 7) is 2.01. The fourth-order valence-electron chi connectivity index (χ4n) is 2.85. The highest BCUT2D eigenvalue weighted by molar-refractivity contribution is 5.88. The Morgan fingerprint density at radius 1 is 1.11 bits per heavy atom. The summed E-state index contributed by atoms with van der Waals surface area (Å²) < 4.78 is 13.2. The lowest BCUT2D eigenvalue weighted by atomic mass is 10.0. The predicted molar refractivity (Wildman–Crippen MR) is 101 cm³/mol. The largest absolute Gasteiger partial charge is 0.395 e. The second-order valence-electron chi connectivity index (χ2n) is 6.23. The Kier molecular flexibility index (Phi) is 7.95. The van der Waals surface area contributed by atoms with Gasteiger partial charge in [-0.05, 0) is 29.7 Å². The summed E-state index contributed by atoms with van der Waals surface area (Å²) in [7, 11) is 0. The molecule has 0 radical (unpaired) electrons. The van der Waals surface area contributed by atoms with Crippen molar-refractivity contribution in [2.45, 2.75) is 32.4 Å². The Bertz CT molecular complexity index is 735. The van der Waals surface area contributed by atoms with Gasteiger partial charge in [0, 0.05) is 19.5 Å². The predicted octanol–water partition coefficient (Wildman–Crippen LogP) is 2.80. The Hall–Kier alpha value is -2.73. The number of carbonyl (C=O) groups is 2. The Labute approximate surface area is 158 Å². The topological polar surface area (TPSA) is 69.6 Å². The van der Waals surface area contributed by atoms with E-state index in [0.717, 1.165) is 5.56 Å². The molecule has 2 aromatic carbocycles. The molecule has 0 spiro atoms. The number of aliphatic hydroxyl groups excluding tert-OH is 1. The van der Waals surface area contributed by atoms with Crippen LogP contribution in [0.4, 0.5) is 4.39 Å².